The van der Waals surface area contributed by atoms with Crippen molar-refractivity contribution in [1.29, 1.82) is 0 Å². The lowest BCUT2D eigenvalue weighted by atomic mass is 10.1. The van der Waals surface area contributed by atoms with Crippen LogP contribution in [0.1, 0.15) is 36.8 Å². The number of imide groups is 1. The quantitative estimate of drug-likeness (QED) is 0.613. The third kappa shape index (κ3) is 3.53. The Labute approximate surface area is 179 Å². The predicted octanol–water partition coefficient (Wildman–Crippen LogP) is 3.04. The van der Waals surface area contributed by atoms with E-state index in [9.17, 15) is 14.4 Å². The molecule has 0 saturated carbocycles. The number of nitrogens with zero attached hydrogens (tertiary/aromatic N) is 3. The number of amides is 3. The van der Waals surface area contributed by atoms with Crippen molar-refractivity contribution in [1.82, 2.24) is 9.80 Å². The SMILES string of the molecule is O=C(c1cccc(N2C(=O)c3ccccc3C2=O)c1)N1CCN(Cc2ccco2)CC1. The highest BCUT2D eigenvalue weighted by atomic mass is 16.3. The predicted molar refractivity (Wildman–Crippen MR) is 114 cm³/mol. The van der Waals surface area contributed by atoms with Gasteiger partial charge in [0.25, 0.3) is 17.7 Å². The monoisotopic (exact) mass is 415 g/mol. The molecule has 2 aliphatic rings. The Balaban J connectivity index is 1.29. The molecule has 1 aromatic heterocycles. The van der Waals surface area contributed by atoms with Gasteiger partial charge in [0.15, 0.2) is 0 Å². The summed E-state index contributed by atoms with van der Waals surface area (Å²) in [6.45, 7) is 3.45. The Morgan fingerprint density at radius 2 is 1.55 bits per heavy atom. The highest BCUT2D eigenvalue weighted by Crippen LogP contribution is 2.29. The Bertz CT molecular complexity index is 1110. The fourth-order valence-electron chi connectivity index (χ4n) is 4.12. The van der Waals surface area contributed by atoms with Gasteiger partial charge in [-0.25, -0.2) is 4.90 Å². The van der Waals surface area contributed by atoms with Crippen molar-refractivity contribution in [3.05, 3.63) is 89.4 Å². The molecule has 0 spiro atoms. The average Bonchev–Trinajstić information content (AvgIpc) is 3.40. The van der Waals surface area contributed by atoms with E-state index in [1.54, 1.807) is 59.7 Å². The fraction of sp³-hybridized carbons (Fsp3) is 0.208. The Hall–Kier alpha value is -3.71. The standard InChI is InChI=1S/C24H21N3O4/c28-22(26-12-10-25(11-13-26)16-19-7-4-14-31-19)17-5-3-6-18(15-17)27-23(29)20-8-1-2-9-21(20)24(27)30/h1-9,14-15H,10-13,16H2. The zero-order chi connectivity index (χ0) is 21.4. The minimum atomic E-state index is -0.364. The first-order valence-corrected chi connectivity index (χ1v) is 10.2. The first-order chi connectivity index (χ1) is 15.1. The maximum Gasteiger partial charge on any atom is 0.266 e. The molecule has 7 nitrogen and oxygen atoms in total. The van der Waals surface area contributed by atoms with E-state index < -0.39 is 0 Å². The number of fused-ring (bicyclic) bond motifs is 1. The van der Waals surface area contributed by atoms with Gasteiger partial charge in [0.2, 0.25) is 0 Å². The molecule has 31 heavy (non-hydrogen) atoms. The highest BCUT2D eigenvalue weighted by molar-refractivity contribution is 6.34. The van der Waals surface area contributed by atoms with Gasteiger partial charge in [-0.3, -0.25) is 19.3 Å². The van der Waals surface area contributed by atoms with Crippen molar-refractivity contribution in [2.45, 2.75) is 6.54 Å². The largest absolute Gasteiger partial charge is 0.468 e. The molecule has 7 heteroatoms. The maximum absolute atomic E-state index is 13.1. The smallest absolute Gasteiger partial charge is 0.266 e. The maximum atomic E-state index is 13.1. The number of hydrogen-bond acceptors (Lipinski definition) is 5. The second-order valence-electron chi connectivity index (χ2n) is 7.69. The average molecular weight is 415 g/mol. The summed E-state index contributed by atoms with van der Waals surface area (Å²) in [5.74, 6) is 0.0815. The molecule has 2 aliphatic heterocycles. The van der Waals surface area contributed by atoms with Crippen LogP contribution in [0.5, 0.6) is 0 Å². The highest BCUT2D eigenvalue weighted by Gasteiger charge is 2.36. The zero-order valence-corrected chi connectivity index (χ0v) is 16.9. The zero-order valence-electron chi connectivity index (χ0n) is 16.9. The van der Waals surface area contributed by atoms with E-state index in [1.165, 1.54) is 0 Å². The van der Waals surface area contributed by atoms with Crippen molar-refractivity contribution in [3.8, 4) is 0 Å². The number of hydrogen-bond donors (Lipinski definition) is 0. The molecule has 2 aromatic carbocycles. The summed E-state index contributed by atoms with van der Waals surface area (Å²) >= 11 is 0. The number of piperazine rings is 1. The van der Waals surface area contributed by atoms with Crippen LogP contribution in [0.15, 0.2) is 71.3 Å². The van der Waals surface area contributed by atoms with Gasteiger partial charge in [-0.15, -0.1) is 0 Å². The summed E-state index contributed by atoms with van der Waals surface area (Å²) < 4.78 is 5.40. The van der Waals surface area contributed by atoms with Crippen molar-refractivity contribution in [2.75, 3.05) is 31.1 Å². The third-order valence-corrected chi connectivity index (χ3v) is 5.76. The van der Waals surface area contributed by atoms with Crippen LogP contribution in [0.2, 0.25) is 0 Å². The van der Waals surface area contributed by atoms with Gasteiger partial charge in [0, 0.05) is 31.7 Å². The second-order valence-corrected chi connectivity index (χ2v) is 7.69. The van der Waals surface area contributed by atoms with Crippen LogP contribution in [-0.4, -0.2) is 53.7 Å². The van der Waals surface area contributed by atoms with Gasteiger partial charge in [-0.1, -0.05) is 18.2 Å². The van der Waals surface area contributed by atoms with Crippen LogP contribution in [0.4, 0.5) is 5.69 Å². The lowest BCUT2D eigenvalue weighted by Gasteiger charge is -2.34. The topological polar surface area (TPSA) is 74.1 Å². The van der Waals surface area contributed by atoms with Crippen molar-refractivity contribution in [2.24, 2.45) is 0 Å². The van der Waals surface area contributed by atoms with Crippen molar-refractivity contribution < 1.29 is 18.8 Å². The molecule has 3 aromatic rings. The van der Waals surface area contributed by atoms with E-state index in [4.69, 9.17) is 4.42 Å². The van der Waals surface area contributed by atoms with Crippen LogP contribution >= 0.6 is 0 Å². The van der Waals surface area contributed by atoms with Crippen LogP contribution in [-0.2, 0) is 6.54 Å². The number of furan rings is 1. The van der Waals surface area contributed by atoms with Crippen molar-refractivity contribution >= 4 is 23.4 Å². The third-order valence-electron chi connectivity index (χ3n) is 5.76. The second kappa shape index (κ2) is 7.85. The van der Waals surface area contributed by atoms with Crippen LogP contribution < -0.4 is 4.90 Å². The van der Waals surface area contributed by atoms with Gasteiger partial charge >= 0.3 is 0 Å². The molecular weight excluding hydrogens is 394 g/mol. The molecule has 3 amide bonds. The molecule has 0 unspecified atom stereocenters. The van der Waals surface area contributed by atoms with Crippen LogP contribution in [0.3, 0.4) is 0 Å². The Morgan fingerprint density at radius 1 is 0.839 bits per heavy atom. The van der Waals surface area contributed by atoms with E-state index in [1.807, 2.05) is 12.1 Å². The van der Waals surface area contributed by atoms with E-state index in [0.717, 1.165) is 30.3 Å². The number of anilines is 1. The number of carbonyl (C=O) groups excluding carboxylic acids is 3. The molecule has 0 aliphatic carbocycles. The van der Waals surface area contributed by atoms with E-state index in [0.29, 0.717) is 35.5 Å². The van der Waals surface area contributed by atoms with E-state index >= 15 is 0 Å². The summed E-state index contributed by atoms with van der Waals surface area (Å²) in [6, 6.07) is 17.3. The van der Waals surface area contributed by atoms with Gasteiger partial charge in [0.1, 0.15) is 5.76 Å². The molecule has 156 valence electrons. The van der Waals surface area contributed by atoms with Crippen LogP contribution in [0.25, 0.3) is 0 Å². The van der Waals surface area contributed by atoms with E-state index in [2.05, 4.69) is 4.90 Å². The normalized spacial score (nSPS) is 16.6. The van der Waals surface area contributed by atoms with Gasteiger partial charge in [0.05, 0.1) is 29.6 Å². The minimum Gasteiger partial charge on any atom is -0.468 e. The van der Waals surface area contributed by atoms with Gasteiger partial charge in [-0.05, 0) is 42.5 Å². The molecule has 3 heterocycles. The summed E-state index contributed by atoms with van der Waals surface area (Å²) in [7, 11) is 0. The lowest BCUT2D eigenvalue weighted by Crippen LogP contribution is -2.48. The molecule has 0 N–H and O–H groups in total. The first kappa shape index (κ1) is 19.3. The lowest BCUT2D eigenvalue weighted by molar-refractivity contribution is 0.0619. The summed E-state index contributed by atoms with van der Waals surface area (Å²) in [5, 5.41) is 0. The van der Waals surface area contributed by atoms with Gasteiger partial charge in [-0.2, -0.15) is 0 Å². The summed E-state index contributed by atoms with van der Waals surface area (Å²) in [4.78, 5) is 43.8. The summed E-state index contributed by atoms with van der Waals surface area (Å²) in [5.41, 5.74) is 1.65. The number of benzene rings is 2. The Kier molecular flexibility index (Phi) is 4.88. The fourth-order valence-corrected chi connectivity index (χ4v) is 4.12. The summed E-state index contributed by atoms with van der Waals surface area (Å²) in [6.07, 6.45) is 1.66. The Morgan fingerprint density at radius 3 is 2.19 bits per heavy atom. The van der Waals surface area contributed by atoms with Crippen molar-refractivity contribution in [3.63, 3.8) is 0 Å². The molecule has 0 bridgehead atoms. The molecule has 1 fully saturated rings. The number of carbonyl (C=O) groups is 3. The molecule has 1 saturated heterocycles. The first-order valence-electron chi connectivity index (χ1n) is 10.2. The van der Waals surface area contributed by atoms with Gasteiger partial charge < -0.3 is 9.32 Å². The van der Waals surface area contributed by atoms with Crippen LogP contribution in [0, 0.1) is 0 Å². The minimum absolute atomic E-state index is 0.101. The molecule has 0 atom stereocenters. The molecule has 5 rings (SSSR count). The number of rotatable bonds is 4. The molecular formula is C24H21N3O4. The molecule has 0 radical (unpaired) electrons. The van der Waals surface area contributed by atoms with E-state index in [-0.39, 0.29) is 17.7 Å².